The first-order valence-corrected chi connectivity index (χ1v) is 4.07. The summed E-state index contributed by atoms with van der Waals surface area (Å²) in [6, 6.07) is 5.16. The lowest BCUT2D eigenvalue weighted by atomic mass is 10.2. The highest BCUT2D eigenvalue weighted by Gasteiger charge is 1.99. The zero-order valence-corrected chi connectivity index (χ0v) is 8.08. The summed E-state index contributed by atoms with van der Waals surface area (Å²) in [4.78, 5) is 10.2. The Bertz CT molecular complexity index is 271. The van der Waals surface area contributed by atoms with Gasteiger partial charge in [-0.25, -0.2) is 0 Å². The van der Waals surface area contributed by atoms with Crippen LogP contribution in [0, 0.1) is 3.57 Å². The summed E-state index contributed by atoms with van der Waals surface area (Å²) in [7, 11) is 1.60. The van der Waals surface area contributed by atoms with Gasteiger partial charge in [-0.1, -0.05) is 0 Å². The number of hydrogen-bond donors (Lipinski definition) is 0. The van der Waals surface area contributed by atoms with Gasteiger partial charge in [0.05, 0.1) is 10.7 Å². The second kappa shape index (κ2) is 3.71. The van der Waals surface area contributed by atoms with Crippen molar-refractivity contribution in [3.63, 3.8) is 0 Å². The molecule has 0 saturated heterocycles. The molecule has 0 aliphatic rings. The highest BCUT2D eigenvalue weighted by Crippen LogP contribution is 2.20. The van der Waals surface area contributed by atoms with Gasteiger partial charge in [-0.2, -0.15) is 0 Å². The predicted octanol–water partition coefficient (Wildman–Crippen LogP) is 1.76. The average molecular weight is 261 g/mol. The minimum Gasteiger partial charge on any atom is -0.496 e. The lowest BCUT2D eigenvalue weighted by molar-refractivity contribution is 0.412. The Hall–Kier alpha value is -0.580. The van der Waals surface area contributed by atoms with Crippen LogP contribution in [0.5, 0.6) is 5.75 Å². The van der Waals surface area contributed by atoms with Crippen molar-refractivity contribution < 1.29 is 9.53 Å². The van der Waals surface area contributed by atoms with Crippen molar-refractivity contribution in [3.05, 3.63) is 27.3 Å². The highest BCUT2D eigenvalue weighted by atomic mass is 127. The van der Waals surface area contributed by atoms with Crippen molar-refractivity contribution in [1.82, 2.24) is 0 Å². The van der Waals surface area contributed by atoms with Crippen LogP contribution < -0.4 is 4.74 Å². The molecule has 57 valence electrons. The van der Waals surface area contributed by atoms with Crippen molar-refractivity contribution in [3.8, 4) is 5.75 Å². The third-order valence-corrected chi connectivity index (χ3v) is 2.11. The summed E-state index contributed by atoms with van der Waals surface area (Å²) in [6.45, 7) is 0. The zero-order chi connectivity index (χ0) is 8.27. The van der Waals surface area contributed by atoms with Crippen LogP contribution in [0.2, 0.25) is 0 Å². The summed E-state index contributed by atoms with van der Waals surface area (Å²) in [6.07, 6.45) is 1.81. The molecule has 0 heterocycles. The van der Waals surface area contributed by atoms with Crippen molar-refractivity contribution >= 4 is 28.9 Å². The van der Waals surface area contributed by atoms with Gasteiger partial charge in [-0.05, 0) is 40.8 Å². The van der Waals surface area contributed by atoms with Crippen molar-refractivity contribution in [2.75, 3.05) is 7.11 Å². The summed E-state index contributed by atoms with van der Waals surface area (Å²) in [5.41, 5.74) is 0.551. The molecule has 0 fully saturated rings. The number of carbonyl (C=O) groups excluding carboxylic acids is 1. The molecule has 0 aliphatic heterocycles. The van der Waals surface area contributed by atoms with E-state index in [1.807, 2.05) is 6.29 Å². The topological polar surface area (TPSA) is 26.3 Å². The molecule has 0 aromatic heterocycles. The van der Waals surface area contributed by atoms with E-state index in [9.17, 15) is 4.79 Å². The van der Waals surface area contributed by atoms with Gasteiger partial charge in [0.25, 0.3) is 0 Å². The summed E-state index contributed by atoms with van der Waals surface area (Å²) in [5.74, 6) is 0.782. The van der Waals surface area contributed by atoms with Crippen LogP contribution in [-0.4, -0.2) is 13.4 Å². The monoisotopic (exact) mass is 261 g/mol. The largest absolute Gasteiger partial charge is 0.496 e. The Morgan fingerprint density at radius 2 is 2.27 bits per heavy atom. The first kappa shape index (κ1) is 8.52. The van der Waals surface area contributed by atoms with Crippen LogP contribution in [0.15, 0.2) is 18.2 Å². The molecule has 1 rings (SSSR count). The van der Waals surface area contributed by atoms with E-state index >= 15 is 0 Å². The standard InChI is InChI=1S/C8H6IO2/c1-11-8-3-2-6(5-10)4-7(8)9/h2-4H,1H3. The molecule has 0 unspecified atom stereocenters. The molecule has 0 spiro atoms. The van der Waals surface area contributed by atoms with E-state index in [1.54, 1.807) is 25.3 Å². The minimum atomic E-state index is 0.551. The van der Waals surface area contributed by atoms with E-state index < -0.39 is 0 Å². The maximum atomic E-state index is 10.2. The summed E-state index contributed by atoms with van der Waals surface area (Å²) in [5, 5.41) is 0. The number of methoxy groups -OCH3 is 1. The molecule has 0 saturated carbocycles. The Balaban J connectivity index is 3.09. The molecule has 0 aliphatic carbocycles. The second-order valence-electron chi connectivity index (χ2n) is 1.95. The van der Waals surface area contributed by atoms with Crippen LogP contribution in [0.25, 0.3) is 0 Å². The molecule has 1 radical (unpaired) electrons. The SMILES string of the molecule is COc1ccc([C]=O)cc1I. The molecule has 0 atom stereocenters. The maximum Gasteiger partial charge on any atom is 0.233 e. The quantitative estimate of drug-likeness (QED) is 0.758. The minimum absolute atomic E-state index is 0.551. The average Bonchev–Trinajstić information content (AvgIpc) is 2.04. The lowest BCUT2D eigenvalue weighted by Gasteiger charge is -2.01. The number of halogens is 1. The molecular formula is C8H6IO2. The predicted molar refractivity (Wildman–Crippen MR) is 50.5 cm³/mol. The summed E-state index contributed by atoms with van der Waals surface area (Å²) < 4.78 is 5.93. The molecule has 0 bridgehead atoms. The van der Waals surface area contributed by atoms with E-state index in [0.29, 0.717) is 5.56 Å². The van der Waals surface area contributed by atoms with Crippen molar-refractivity contribution in [2.24, 2.45) is 0 Å². The van der Waals surface area contributed by atoms with Gasteiger partial charge in [-0.15, -0.1) is 0 Å². The van der Waals surface area contributed by atoms with Gasteiger partial charge in [0.1, 0.15) is 5.75 Å². The number of benzene rings is 1. The number of ether oxygens (including phenoxy) is 1. The third-order valence-electron chi connectivity index (χ3n) is 1.27. The molecule has 0 N–H and O–H groups in total. The van der Waals surface area contributed by atoms with E-state index in [1.165, 1.54) is 0 Å². The van der Waals surface area contributed by atoms with E-state index in [4.69, 9.17) is 4.74 Å². The van der Waals surface area contributed by atoms with Crippen LogP contribution in [0.4, 0.5) is 0 Å². The molecule has 3 heteroatoms. The molecule has 2 nitrogen and oxygen atoms in total. The van der Waals surface area contributed by atoms with E-state index in [0.717, 1.165) is 9.32 Å². The second-order valence-corrected chi connectivity index (χ2v) is 3.11. The summed E-state index contributed by atoms with van der Waals surface area (Å²) >= 11 is 2.11. The van der Waals surface area contributed by atoms with Crippen molar-refractivity contribution in [2.45, 2.75) is 0 Å². The van der Waals surface area contributed by atoms with Crippen LogP contribution in [0.3, 0.4) is 0 Å². The fourth-order valence-corrected chi connectivity index (χ4v) is 1.47. The number of rotatable bonds is 2. The van der Waals surface area contributed by atoms with Crippen LogP contribution in [-0.2, 0) is 4.79 Å². The fraction of sp³-hybridized carbons (Fsp3) is 0.125. The van der Waals surface area contributed by atoms with Crippen LogP contribution >= 0.6 is 22.6 Å². The lowest BCUT2D eigenvalue weighted by Crippen LogP contribution is -1.88. The Labute approximate surface area is 78.7 Å². The normalized spacial score (nSPS) is 9.27. The van der Waals surface area contributed by atoms with E-state index in [2.05, 4.69) is 22.6 Å². The first-order valence-electron chi connectivity index (χ1n) is 2.99. The van der Waals surface area contributed by atoms with Gasteiger partial charge in [0.2, 0.25) is 6.29 Å². The smallest absolute Gasteiger partial charge is 0.233 e. The van der Waals surface area contributed by atoms with Gasteiger partial charge >= 0.3 is 0 Å². The van der Waals surface area contributed by atoms with Gasteiger partial charge in [-0.3, -0.25) is 4.79 Å². The fourth-order valence-electron chi connectivity index (χ4n) is 0.730. The van der Waals surface area contributed by atoms with Crippen LogP contribution in [0.1, 0.15) is 5.56 Å². The molecule has 0 amide bonds. The third kappa shape index (κ3) is 1.92. The van der Waals surface area contributed by atoms with Gasteiger partial charge in [0, 0.05) is 5.56 Å². The van der Waals surface area contributed by atoms with Crippen molar-refractivity contribution in [1.29, 1.82) is 0 Å². The van der Waals surface area contributed by atoms with Gasteiger partial charge < -0.3 is 4.74 Å². The highest BCUT2D eigenvalue weighted by molar-refractivity contribution is 14.1. The van der Waals surface area contributed by atoms with E-state index in [-0.39, 0.29) is 0 Å². The van der Waals surface area contributed by atoms with Gasteiger partial charge in [0.15, 0.2) is 0 Å². The molecular weight excluding hydrogens is 255 g/mol. The Morgan fingerprint density at radius 1 is 1.55 bits per heavy atom. The Kier molecular flexibility index (Phi) is 2.87. The maximum absolute atomic E-state index is 10.2. The molecule has 1 aromatic rings. The zero-order valence-electron chi connectivity index (χ0n) is 5.93. The number of hydrogen-bond acceptors (Lipinski definition) is 2. The first-order chi connectivity index (χ1) is 5.27. The molecule has 1 aromatic carbocycles. The Morgan fingerprint density at radius 3 is 2.73 bits per heavy atom. The molecule has 11 heavy (non-hydrogen) atoms.